The average molecular weight is 671 g/mol. The summed E-state index contributed by atoms with van der Waals surface area (Å²) in [5.41, 5.74) is 14.9. The summed E-state index contributed by atoms with van der Waals surface area (Å²) in [6.45, 7) is -0.763. The van der Waals surface area contributed by atoms with E-state index in [0.717, 1.165) is 0 Å². The molecule has 194 valence electrons. The van der Waals surface area contributed by atoms with Crippen molar-refractivity contribution in [2.45, 2.75) is 29.1 Å². The number of hydrogen-bond donors (Lipinski definition) is 5. The molecule has 3 heterocycles. The second-order valence-corrected chi connectivity index (χ2v) is 12.1. The molecule has 1 aliphatic heterocycles. The lowest BCUT2D eigenvalue weighted by atomic mass is 10.2. The number of fused-ring (bicyclic) bond motifs is 1. The number of phosphoric ester groups is 1. The van der Waals surface area contributed by atoms with Gasteiger partial charge in [-0.2, -0.15) is 8.62 Å². The van der Waals surface area contributed by atoms with E-state index < -0.39 is 52.7 Å². The molecule has 1 fully saturated rings. The predicted octanol–water partition coefficient (Wildman–Crippen LogP) is 2.06. The number of azide groups is 1. The fourth-order valence-electron chi connectivity index (χ4n) is 3.07. The molecule has 0 radical (unpaired) electrons. The summed E-state index contributed by atoms with van der Waals surface area (Å²) in [5, 5.41) is 3.91. The molecule has 0 spiro atoms. The minimum absolute atomic E-state index is 0.110. The Kier molecular flexibility index (Phi) is 8.95. The van der Waals surface area contributed by atoms with Gasteiger partial charge in [-0.1, -0.05) is 5.11 Å². The molecular weight excluding hydrogens is 654 g/mol. The quantitative estimate of drug-likeness (QED) is 0.0435. The summed E-state index contributed by atoms with van der Waals surface area (Å²) in [6, 6.07) is 1.64. The normalized spacial score (nSPS) is 25.0. The molecular formula is C12H17IN7O12P3. The van der Waals surface area contributed by atoms with Gasteiger partial charge >= 0.3 is 23.5 Å². The topological polar surface area (TPSA) is 284 Å². The van der Waals surface area contributed by atoms with Crippen LogP contribution in [-0.4, -0.2) is 57.2 Å². The molecule has 1 saturated heterocycles. The Balaban J connectivity index is 1.76. The van der Waals surface area contributed by atoms with Gasteiger partial charge in [-0.3, -0.25) is 4.52 Å². The van der Waals surface area contributed by atoms with Crippen LogP contribution in [0.2, 0.25) is 0 Å². The fraction of sp³-hybridized carbons (Fsp3) is 0.500. The number of ether oxygens (including phenoxy) is 2. The fourth-order valence-corrected chi connectivity index (χ4v) is 6.59. The second-order valence-electron chi connectivity index (χ2n) is 6.64. The number of hydrogen-bond acceptors (Lipinski definition) is 12. The summed E-state index contributed by atoms with van der Waals surface area (Å²) in [5.74, 6) is 0.222. The van der Waals surface area contributed by atoms with Crippen molar-refractivity contribution in [1.29, 1.82) is 0 Å². The number of alkyl halides is 1. The number of rotatable bonds is 11. The zero-order chi connectivity index (χ0) is 26.0. The Labute approximate surface area is 208 Å². The van der Waals surface area contributed by atoms with Crippen LogP contribution in [0.25, 0.3) is 21.5 Å². The van der Waals surface area contributed by atoms with Gasteiger partial charge in [-0.25, -0.2) is 23.7 Å². The first kappa shape index (κ1) is 28.4. The van der Waals surface area contributed by atoms with Crippen LogP contribution in [0.15, 0.2) is 23.7 Å². The largest absolute Gasteiger partial charge is 0.490 e. The van der Waals surface area contributed by atoms with Crippen molar-refractivity contribution in [2.75, 3.05) is 12.3 Å². The third-order valence-electron chi connectivity index (χ3n) is 4.28. The van der Waals surface area contributed by atoms with Crippen LogP contribution >= 0.6 is 46.1 Å². The first-order valence-corrected chi connectivity index (χ1v) is 14.8. The highest BCUT2D eigenvalue weighted by molar-refractivity contribution is 14.1. The van der Waals surface area contributed by atoms with Crippen molar-refractivity contribution < 1.29 is 55.9 Å². The lowest BCUT2D eigenvalue weighted by Gasteiger charge is -2.21. The van der Waals surface area contributed by atoms with Crippen LogP contribution in [0.3, 0.4) is 0 Å². The van der Waals surface area contributed by atoms with E-state index in [9.17, 15) is 23.5 Å². The van der Waals surface area contributed by atoms with Crippen molar-refractivity contribution in [3.63, 3.8) is 0 Å². The van der Waals surface area contributed by atoms with Gasteiger partial charge < -0.3 is 39.3 Å². The maximum absolute atomic E-state index is 12.1. The van der Waals surface area contributed by atoms with E-state index >= 15 is 0 Å². The molecule has 2 aromatic rings. The molecule has 2 aromatic heterocycles. The van der Waals surface area contributed by atoms with Gasteiger partial charge in [0, 0.05) is 17.5 Å². The monoisotopic (exact) mass is 671 g/mol. The number of halogens is 1. The Hall–Kier alpha value is -1.21. The van der Waals surface area contributed by atoms with Gasteiger partial charge in [0.25, 0.3) is 0 Å². The minimum Gasteiger partial charge on any atom is -0.383 e. The van der Waals surface area contributed by atoms with Gasteiger partial charge in [0.05, 0.1) is 18.1 Å². The van der Waals surface area contributed by atoms with Gasteiger partial charge in [-0.05, 0) is 34.2 Å². The Morgan fingerprint density at radius 3 is 2.66 bits per heavy atom. The molecule has 0 saturated carbocycles. The van der Waals surface area contributed by atoms with E-state index in [4.69, 9.17) is 30.5 Å². The van der Waals surface area contributed by atoms with Gasteiger partial charge in [0.1, 0.15) is 30.1 Å². The molecule has 0 bridgehead atoms. The molecule has 35 heavy (non-hydrogen) atoms. The van der Waals surface area contributed by atoms with Crippen LogP contribution in [0.5, 0.6) is 0 Å². The molecule has 0 aromatic carbocycles. The van der Waals surface area contributed by atoms with Crippen LogP contribution in [-0.2, 0) is 36.3 Å². The van der Waals surface area contributed by atoms with Crippen LogP contribution < -0.4 is 5.73 Å². The summed E-state index contributed by atoms with van der Waals surface area (Å²) in [6.07, 6.45) is 0.183. The van der Waals surface area contributed by atoms with E-state index in [0.29, 0.717) is 11.0 Å². The molecule has 6 atom stereocenters. The summed E-state index contributed by atoms with van der Waals surface area (Å²) < 4.78 is 58.4. The van der Waals surface area contributed by atoms with E-state index in [2.05, 4.69) is 33.1 Å². The van der Waals surface area contributed by atoms with Crippen LogP contribution in [0, 0.1) is 0 Å². The van der Waals surface area contributed by atoms with Gasteiger partial charge in [0.15, 0.2) is 4.23 Å². The molecule has 0 amide bonds. The Morgan fingerprint density at radius 2 is 2.00 bits per heavy atom. The van der Waals surface area contributed by atoms with Crippen molar-refractivity contribution in [1.82, 2.24) is 14.5 Å². The van der Waals surface area contributed by atoms with Gasteiger partial charge in [-0.15, -0.1) is 0 Å². The number of aromatic nitrogens is 3. The molecule has 6 N–H and O–H groups in total. The van der Waals surface area contributed by atoms with E-state index in [1.807, 2.05) is 0 Å². The standard InChI is InChI=1S/C12H17IN7O12P3/c13-12(18-19-15)30-7-3-9(20-2-1-6-10(14)16-5-17-11(6)20)29-8(7)4-28-34(24,25)32-35(26,27)31-33(21,22)23/h1-2,5,7-9,12H,3-4H2,(H,24,25)(H,26,27)(H2,14,16,17)(H2,21,22,23)/t7?,8-,9-,12-/m1/s1. The molecule has 3 rings (SSSR count). The van der Waals surface area contributed by atoms with Crippen LogP contribution in [0.1, 0.15) is 12.6 Å². The van der Waals surface area contributed by atoms with Crippen molar-refractivity contribution >= 4 is 62.9 Å². The Morgan fingerprint density at radius 1 is 1.29 bits per heavy atom. The number of anilines is 1. The maximum Gasteiger partial charge on any atom is 0.490 e. The summed E-state index contributed by atoms with van der Waals surface area (Å²) >= 11 is 1.68. The molecule has 3 unspecified atom stereocenters. The van der Waals surface area contributed by atoms with E-state index in [-0.39, 0.29) is 12.2 Å². The summed E-state index contributed by atoms with van der Waals surface area (Å²) in [4.78, 5) is 46.9. The molecule has 23 heteroatoms. The zero-order valence-corrected chi connectivity index (χ0v) is 21.8. The molecule has 1 aliphatic rings. The number of phosphoric acid groups is 3. The van der Waals surface area contributed by atoms with E-state index in [1.54, 1.807) is 39.4 Å². The number of nitrogen functional groups attached to an aromatic ring is 1. The minimum atomic E-state index is -5.69. The highest BCUT2D eigenvalue weighted by Gasteiger charge is 2.44. The molecule has 19 nitrogen and oxygen atoms in total. The lowest BCUT2D eigenvalue weighted by Crippen LogP contribution is -2.30. The smallest absolute Gasteiger partial charge is 0.383 e. The SMILES string of the molecule is [N-]=[N+]=N[C@@H](I)OC1C[C@H](n2ccc3c(N)ncnc32)O[C@@H]1COP(=O)(O)OP(=O)(O)OP(=O)(O)O. The van der Waals surface area contributed by atoms with Crippen molar-refractivity contribution in [2.24, 2.45) is 5.11 Å². The van der Waals surface area contributed by atoms with Crippen molar-refractivity contribution in [3.8, 4) is 0 Å². The first-order chi connectivity index (χ1) is 16.2. The van der Waals surface area contributed by atoms with Crippen molar-refractivity contribution in [3.05, 3.63) is 29.0 Å². The maximum atomic E-state index is 12.1. The number of nitrogens with two attached hydrogens (primary N) is 1. The molecule has 0 aliphatic carbocycles. The van der Waals surface area contributed by atoms with Crippen LogP contribution in [0.4, 0.5) is 5.82 Å². The second kappa shape index (κ2) is 11.0. The third kappa shape index (κ3) is 7.88. The zero-order valence-electron chi connectivity index (χ0n) is 17.0. The Bertz CT molecular complexity index is 1270. The third-order valence-corrected chi connectivity index (χ3v) is 8.62. The predicted molar refractivity (Wildman–Crippen MR) is 122 cm³/mol. The van der Waals surface area contributed by atoms with E-state index in [1.165, 1.54) is 6.33 Å². The highest BCUT2D eigenvalue weighted by Crippen LogP contribution is 2.66. The lowest BCUT2D eigenvalue weighted by molar-refractivity contribution is -0.0608. The number of nitrogens with zero attached hydrogens (tertiary/aromatic N) is 6. The first-order valence-electron chi connectivity index (χ1n) is 9.04. The van der Waals surface area contributed by atoms with Gasteiger partial charge in [0.2, 0.25) is 0 Å². The summed E-state index contributed by atoms with van der Waals surface area (Å²) in [7, 11) is -16.6. The average Bonchev–Trinajstić information content (AvgIpc) is 3.28. The highest BCUT2D eigenvalue weighted by atomic mass is 127.